The average Bonchev–Trinajstić information content (AvgIpc) is 2.43. The van der Waals surface area contributed by atoms with Crippen molar-refractivity contribution in [2.24, 2.45) is 10.9 Å². The fourth-order valence-electron chi connectivity index (χ4n) is 1.02. The standard InChI is InChI=1S/C7H12N2O/c1-2-6(5-10)7-8-3-4-9-7/h5-6H,2-4H2,1H3,(H,8,9). The zero-order valence-electron chi connectivity index (χ0n) is 6.13. The molecule has 0 fully saturated rings. The Morgan fingerprint density at radius 3 is 3.10 bits per heavy atom. The molecule has 0 bridgehead atoms. The molecule has 3 nitrogen and oxygen atoms in total. The van der Waals surface area contributed by atoms with Crippen molar-refractivity contribution in [2.75, 3.05) is 13.1 Å². The molecule has 1 aliphatic rings. The molecule has 0 aromatic heterocycles. The summed E-state index contributed by atoms with van der Waals surface area (Å²) in [5, 5.41) is 3.08. The first-order chi connectivity index (χ1) is 4.88. The van der Waals surface area contributed by atoms with Crippen LogP contribution in [0.1, 0.15) is 13.3 Å². The molecule has 0 aromatic rings. The van der Waals surface area contributed by atoms with E-state index in [-0.39, 0.29) is 5.92 Å². The lowest BCUT2D eigenvalue weighted by molar-refractivity contribution is -0.109. The van der Waals surface area contributed by atoms with Crippen molar-refractivity contribution in [3.8, 4) is 0 Å². The van der Waals surface area contributed by atoms with Gasteiger partial charge in [-0.15, -0.1) is 0 Å². The summed E-state index contributed by atoms with van der Waals surface area (Å²) in [6.45, 7) is 3.70. The predicted molar refractivity (Wildman–Crippen MR) is 40.1 cm³/mol. The number of carbonyl (C=O) groups excluding carboxylic acids is 1. The average molecular weight is 140 g/mol. The molecule has 0 saturated heterocycles. The number of nitrogens with one attached hydrogen (secondary N) is 1. The lowest BCUT2D eigenvalue weighted by atomic mass is 10.1. The zero-order valence-corrected chi connectivity index (χ0v) is 6.13. The summed E-state index contributed by atoms with van der Waals surface area (Å²) >= 11 is 0. The van der Waals surface area contributed by atoms with Crippen molar-refractivity contribution in [2.45, 2.75) is 13.3 Å². The number of aliphatic imine (C=N–C) groups is 1. The van der Waals surface area contributed by atoms with Crippen LogP contribution in [-0.4, -0.2) is 25.2 Å². The first kappa shape index (κ1) is 7.25. The lowest BCUT2D eigenvalue weighted by Gasteiger charge is -2.06. The van der Waals surface area contributed by atoms with E-state index in [1.165, 1.54) is 0 Å². The van der Waals surface area contributed by atoms with Crippen LogP contribution in [0.2, 0.25) is 0 Å². The molecular formula is C7H12N2O. The number of amidine groups is 1. The van der Waals surface area contributed by atoms with E-state index in [1.54, 1.807) is 0 Å². The van der Waals surface area contributed by atoms with Gasteiger partial charge in [0, 0.05) is 6.54 Å². The molecule has 1 N–H and O–H groups in total. The van der Waals surface area contributed by atoms with Gasteiger partial charge in [-0.1, -0.05) is 6.92 Å². The second-order valence-corrected chi connectivity index (χ2v) is 2.34. The Hall–Kier alpha value is -0.860. The Morgan fingerprint density at radius 2 is 2.70 bits per heavy atom. The minimum Gasteiger partial charge on any atom is -0.371 e. The smallest absolute Gasteiger partial charge is 0.130 e. The van der Waals surface area contributed by atoms with E-state index in [1.807, 2.05) is 6.92 Å². The quantitative estimate of drug-likeness (QED) is 0.569. The minimum absolute atomic E-state index is 0.00231. The maximum absolute atomic E-state index is 10.4. The Balaban J connectivity index is 2.51. The number of hydrogen-bond acceptors (Lipinski definition) is 3. The maximum atomic E-state index is 10.4. The van der Waals surface area contributed by atoms with Crippen molar-refractivity contribution in [3.63, 3.8) is 0 Å². The van der Waals surface area contributed by atoms with Crippen LogP contribution in [0.25, 0.3) is 0 Å². The van der Waals surface area contributed by atoms with Crippen molar-refractivity contribution in [1.82, 2.24) is 5.32 Å². The van der Waals surface area contributed by atoms with Crippen LogP contribution >= 0.6 is 0 Å². The highest BCUT2D eigenvalue weighted by molar-refractivity contribution is 5.96. The molecule has 0 aliphatic carbocycles. The molecule has 0 amide bonds. The van der Waals surface area contributed by atoms with E-state index >= 15 is 0 Å². The number of aldehydes is 1. The van der Waals surface area contributed by atoms with Crippen LogP contribution < -0.4 is 5.32 Å². The number of rotatable bonds is 3. The van der Waals surface area contributed by atoms with Gasteiger partial charge in [0.05, 0.1) is 12.5 Å². The van der Waals surface area contributed by atoms with Crippen LogP contribution in [0, 0.1) is 5.92 Å². The Morgan fingerprint density at radius 1 is 1.90 bits per heavy atom. The van der Waals surface area contributed by atoms with Gasteiger partial charge >= 0.3 is 0 Å². The van der Waals surface area contributed by atoms with E-state index in [4.69, 9.17) is 0 Å². The third-order valence-corrected chi connectivity index (χ3v) is 1.66. The van der Waals surface area contributed by atoms with Gasteiger partial charge in [-0.2, -0.15) is 0 Å². The summed E-state index contributed by atoms with van der Waals surface area (Å²) in [5.74, 6) is 0.875. The zero-order chi connectivity index (χ0) is 7.40. The van der Waals surface area contributed by atoms with Gasteiger partial charge in [-0.3, -0.25) is 4.99 Å². The second kappa shape index (κ2) is 3.34. The molecule has 1 aliphatic heterocycles. The minimum atomic E-state index is 0.00231. The number of nitrogens with zero attached hydrogens (tertiary/aromatic N) is 1. The largest absolute Gasteiger partial charge is 0.371 e. The van der Waals surface area contributed by atoms with Crippen LogP contribution in [0.5, 0.6) is 0 Å². The topological polar surface area (TPSA) is 41.5 Å². The number of carbonyl (C=O) groups is 1. The van der Waals surface area contributed by atoms with Crippen LogP contribution in [0.3, 0.4) is 0 Å². The summed E-state index contributed by atoms with van der Waals surface area (Å²) in [6.07, 6.45) is 1.80. The molecule has 10 heavy (non-hydrogen) atoms. The molecule has 0 spiro atoms. The van der Waals surface area contributed by atoms with Gasteiger partial charge in [0.2, 0.25) is 0 Å². The lowest BCUT2D eigenvalue weighted by Crippen LogP contribution is -2.27. The maximum Gasteiger partial charge on any atom is 0.130 e. The fraction of sp³-hybridized carbons (Fsp3) is 0.714. The molecule has 3 heteroatoms. The third kappa shape index (κ3) is 1.35. The first-order valence-corrected chi connectivity index (χ1v) is 3.62. The van der Waals surface area contributed by atoms with Gasteiger partial charge in [-0.25, -0.2) is 0 Å². The molecule has 0 radical (unpaired) electrons. The van der Waals surface area contributed by atoms with E-state index in [2.05, 4.69) is 10.3 Å². The Labute approximate surface area is 60.5 Å². The molecule has 1 unspecified atom stereocenters. The molecule has 56 valence electrons. The van der Waals surface area contributed by atoms with Gasteiger partial charge < -0.3 is 10.1 Å². The van der Waals surface area contributed by atoms with Gasteiger partial charge in [0.25, 0.3) is 0 Å². The van der Waals surface area contributed by atoms with Crippen LogP contribution in [0.4, 0.5) is 0 Å². The molecular weight excluding hydrogens is 128 g/mol. The van der Waals surface area contributed by atoms with Gasteiger partial charge in [-0.05, 0) is 6.42 Å². The van der Waals surface area contributed by atoms with Crippen molar-refractivity contribution in [3.05, 3.63) is 0 Å². The Kier molecular flexibility index (Phi) is 2.42. The van der Waals surface area contributed by atoms with E-state index in [0.717, 1.165) is 31.6 Å². The van der Waals surface area contributed by atoms with E-state index < -0.39 is 0 Å². The molecule has 1 rings (SSSR count). The fourth-order valence-corrected chi connectivity index (χ4v) is 1.02. The third-order valence-electron chi connectivity index (χ3n) is 1.66. The molecule has 0 saturated carbocycles. The van der Waals surface area contributed by atoms with Crippen molar-refractivity contribution < 1.29 is 4.79 Å². The number of hydrogen-bond donors (Lipinski definition) is 1. The van der Waals surface area contributed by atoms with Crippen LogP contribution in [-0.2, 0) is 4.79 Å². The summed E-state index contributed by atoms with van der Waals surface area (Å²) in [4.78, 5) is 14.6. The highest BCUT2D eigenvalue weighted by Gasteiger charge is 2.14. The predicted octanol–water partition coefficient (Wildman–Crippen LogP) is 0.213. The monoisotopic (exact) mass is 140 g/mol. The first-order valence-electron chi connectivity index (χ1n) is 3.62. The van der Waals surface area contributed by atoms with Gasteiger partial charge in [0.15, 0.2) is 0 Å². The van der Waals surface area contributed by atoms with E-state index in [0.29, 0.717) is 0 Å². The summed E-state index contributed by atoms with van der Waals surface area (Å²) in [7, 11) is 0. The summed E-state index contributed by atoms with van der Waals surface area (Å²) in [6, 6.07) is 0. The van der Waals surface area contributed by atoms with Gasteiger partial charge in [0.1, 0.15) is 12.1 Å². The van der Waals surface area contributed by atoms with Crippen LogP contribution in [0.15, 0.2) is 4.99 Å². The Bertz CT molecular complexity index is 154. The molecule has 1 atom stereocenters. The normalized spacial score (nSPS) is 19.5. The summed E-state index contributed by atoms with van der Waals surface area (Å²) < 4.78 is 0. The summed E-state index contributed by atoms with van der Waals surface area (Å²) in [5.41, 5.74) is 0. The molecule has 1 heterocycles. The highest BCUT2D eigenvalue weighted by Crippen LogP contribution is 2.02. The second-order valence-electron chi connectivity index (χ2n) is 2.34. The van der Waals surface area contributed by atoms with Crippen molar-refractivity contribution in [1.29, 1.82) is 0 Å². The van der Waals surface area contributed by atoms with Crippen molar-refractivity contribution >= 4 is 12.1 Å². The van der Waals surface area contributed by atoms with E-state index in [9.17, 15) is 4.79 Å². The molecule has 0 aromatic carbocycles. The SMILES string of the molecule is CCC(C=O)C1=NCCN1. The highest BCUT2D eigenvalue weighted by atomic mass is 16.1.